The molecule has 0 radical (unpaired) electrons. The highest BCUT2D eigenvalue weighted by Gasteiger charge is 2.22. The quantitative estimate of drug-likeness (QED) is 0.937. The Kier molecular flexibility index (Phi) is 3.68. The Bertz CT molecular complexity index is 513. The summed E-state index contributed by atoms with van der Waals surface area (Å²) in [6.07, 6.45) is 2.81. The van der Waals surface area contributed by atoms with Crippen molar-refractivity contribution in [2.75, 3.05) is 13.1 Å². The van der Waals surface area contributed by atoms with Gasteiger partial charge in [0.25, 0.3) is 0 Å². The Morgan fingerprint density at radius 3 is 3.16 bits per heavy atom. The van der Waals surface area contributed by atoms with Crippen molar-refractivity contribution in [3.05, 3.63) is 29.5 Å². The molecule has 4 nitrogen and oxygen atoms in total. The van der Waals surface area contributed by atoms with Crippen molar-refractivity contribution in [1.29, 1.82) is 0 Å². The van der Waals surface area contributed by atoms with Gasteiger partial charge >= 0.3 is 0 Å². The summed E-state index contributed by atoms with van der Waals surface area (Å²) in [6.45, 7) is 5.23. The SMILES string of the molecule is CC1CC(N)CN(Cc2csc(-c3ccco3)n2)C1. The van der Waals surface area contributed by atoms with Gasteiger partial charge in [0.2, 0.25) is 0 Å². The summed E-state index contributed by atoms with van der Waals surface area (Å²) in [7, 11) is 0. The van der Waals surface area contributed by atoms with Crippen LogP contribution in [0.5, 0.6) is 0 Å². The predicted molar refractivity (Wildman–Crippen MR) is 76.8 cm³/mol. The van der Waals surface area contributed by atoms with Crippen molar-refractivity contribution >= 4 is 11.3 Å². The van der Waals surface area contributed by atoms with E-state index < -0.39 is 0 Å². The highest BCUT2D eigenvalue weighted by atomic mass is 32.1. The number of furan rings is 1. The zero-order chi connectivity index (χ0) is 13.2. The zero-order valence-corrected chi connectivity index (χ0v) is 11.9. The van der Waals surface area contributed by atoms with E-state index in [9.17, 15) is 0 Å². The summed E-state index contributed by atoms with van der Waals surface area (Å²) < 4.78 is 5.37. The Hall–Kier alpha value is -1.17. The van der Waals surface area contributed by atoms with E-state index in [1.54, 1.807) is 17.6 Å². The van der Waals surface area contributed by atoms with Crippen LogP contribution in [0.1, 0.15) is 19.0 Å². The van der Waals surface area contributed by atoms with E-state index in [1.807, 2.05) is 12.1 Å². The number of rotatable bonds is 3. The van der Waals surface area contributed by atoms with E-state index in [0.29, 0.717) is 12.0 Å². The summed E-state index contributed by atoms with van der Waals surface area (Å²) in [5, 5.41) is 3.07. The van der Waals surface area contributed by atoms with Crippen molar-refractivity contribution in [3.63, 3.8) is 0 Å². The summed E-state index contributed by atoms with van der Waals surface area (Å²) in [6, 6.07) is 4.13. The molecule has 2 unspecified atom stereocenters. The number of piperidine rings is 1. The maximum atomic E-state index is 6.08. The molecule has 0 aliphatic carbocycles. The van der Waals surface area contributed by atoms with Gasteiger partial charge in [-0.25, -0.2) is 4.98 Å². The third-order valence-electron chi connectivity index (χ3n) is 3.44. The number of nitrogens with zero attached hydrogens (tertiary/aromatic N) is 2. The van der Waals surface area contributed by atoms with Gasteiger partial charge in [0.1, 0.15) is 0 Å². The van der Waals surface area contributed by atoms with Crippen LogP contribution in [0.25, 0.3) is 10.8 Å². The average molecular weight is 277 g/mol. The molecule has 0 aromatic carbocycles. The van der Waals surface area contributed by atoms with Crippen LogP contribution in [0.15, 0.2) is 28.2 Å². The van der Waals surface area contributed by atoms with Gasteiger partial charge in [0.15, 0.2) is 10.8 Å². The van der Waals surface area contributed by atoms with Crippen LogP contribution in [0.2, 0.25) is 0 Å². The summed E-state index contributed by atoms with van der Waals surface area (Å²) in [4.78, 5) is 7.04. The Labute approximate surface area is 117 Å². The third-order valence-corrected chi connectivity index (χ3v) is 4.34. The maximum absolute atomic E-state index is 6.08. The van der Waals surface area contributed by atoms with E-state index in [1.165, 1.54) is 0 Å². The average Bonchev–Trinajstić information content (AvgIpc) is 2.96. The van der Waals surface area contributed by atoms with Gasteiger partial charge < -0.3 is 10.2 Å². The number of nitrogens with two attached hydrogens (primary N) is 1. The molecule has 102 valence electrons. The van der Waals surface area contributed by atoms with Gasteiger partial charge in [-0.3, -0.25) is 4.90 Å². The molecule has 0 spiro atoms. The van der Waals surface area contributed by atoms with E-state index in [2.05, 4.69) is 22.2 Å². The smallest absolute Gasteiger partial charge is 0.162 e. The molecular formula is C14H19N3OS. The number of thiazole rings is 1. The second-order valence-corrected chi connectivity index (χ2v) is 6.27. The van der Waals surface area contributed by atoms with Crippen LogP contribution in [0, 0.1) is 5.92 Å². The third kappa shape index (κ3) is 3.05. The number of hydrogen-bond donors (Lipinski definition) is 1. The first-order valence-corrected chi connectivity index (χ1v) is 7.55. The summed E-state index contributed by atoms with van der Waals surface area (Å²) in [5.74, 6) is 1.52. The van der Waals surface area contributed by atoms with Crippen LogP contribution in [-0.2, 0) is 6.54 Å². The molecule has 3 heterocycles. The molecule has 0 amide bonds. The van der Waals surface area contributed by atoms with Crippen LogP contribution in [0.4, 0.5) is 0 Å². The molecule has 1 aliphatic rings. The Morgan fingerprint density at radius 2 is 2.42 bits per heavy atom. The fourth-order valence-electron chi connectivity index (χ4n) is 2.76. The highest BCUT2D eigenvalue weighted by molar-refractivity contribution is 7.13. The lowest BCUT2D eigenvalue weighted by Crippen LogP contribution is -2.45. The first-order valence-electron chi connectivity index (χ1n) is 6.67. The standard InChI is InChI=1S/C14H19N3OS/c1-10-5-11(15)7-17(6-10)8-12-9-19-14(16-12)13-3-2-4-18-13/h2-4,9-11H,5-8,15H2,1H3. The van der Waals surface area contributed by atoms with Gasteiger partial charge in [-0.1, -0.05) is 6.92 Å². The fourth-order valence-corrected chi connectivity index (χ4v) is 3.54. The Balaban J connectivity index is 1.67. The van der Waals surface area contributed by atoms with Gasteiger partial charge in [-0.05, 0) is 24.5 Å². The molecular weight excluding hydrogens is 258 g/mol. The normalized spacial score (nSPS) is 24.7. The molecule has 0 saturated carbocycles. The molecule has 0 bridgehead atoms. The summed E-state index contributed by atoms with van der Waals surface area (Å²) >= 11 is 1.63. The molecule has 19 heavy (non-hydrogen) atoms. The first kappa shape index (κ1) is 12.8. The van der Waals surface area contributed by atoms with E-state index in [-0.39, 0.29) is 0 Å². The lowest BCUT2D eigenvalue weighted by atomic mass is 9.96. The van der Waals surface area contributed by atoms with Crippen LogP contribution >= 0.6 is 11.3 Å². The van der Waals surface area contributed by atoms with E-state index in [0.717, 1.165) is 42.5 Å². The lowest BCUT2D eigenvalue weighted by Gasteiger charge is -2.34. The molecule has 2 aromatic heterocycles. The molecule has 3 rings (SSSR count). The maximum Gasteiger partial charge on any atom is 0.162 e. The van der Waals surface area contributed by atoms with Gasteiger partial charge in [0.05, 0.1) is 12.0 Å². The van der Waals surface area contributed by atoms with Crippen molar-refractivity contribution < 1.29 is 4.42 Å². The molecule has 1 aliphatic heterocycles. The van der Waals surface area contributed by atoms with Crippen molar-refractivity contribution in [2.24, 2.45) is 11.7 Å². The topological polar surface area (TPSA) is 55.3 Å². The van der Waals surface area contributed by atoms with Crippen molar-refractivity contribution in [1.82, 2.24) is 9.88 Å². The molecule has 1 saturated heterocycles. The minimum Gasteiger partial charge on any atom is -0.462 e. The van der Waals surface area contributed by atoms with Gasteiger partial charge in [-0.2, -0.15) is 0 Å². The second-order valence-electron chi connectivity index (χ2n) is 5.42. The number of likely N-dealkylation sites (tertiary alicyclic amines) is 1. The predicted octanol–water partition coefficient (Wildman–Crippen LogP) is 2.57. The van der Waals surface area contributed by atoms with Crippen LogP contribution < -0.4 is 5.73 Å². The molecule has 2 aromatic rings. The molecule has 2 atom stereocenters. The first-order chi connectivity index (χ1) is 9.20. The molecule has 2 N–H and O–H groups in total. The minimum atomic E-state index is 0.298. The van der Waals surface area contributed by atoms with Crippen LogP contribution in [0.3, 0.4) is 0 Å². The monoisotopic (exact) mass is 277 g/mol. The highest BCUT2D eigenvalue weighted by Crippen LogP contribution is 2.25. The fraction of sp³-hybridized carbons (Fsp3) is 0.500. The van der Waals surface area contributed by atoms with Gasteiger partial charge in [-0.15, -0.1) is 11.3 Å². The number of hydrogen-bond acceptors (Lipinski definition) is 5. The zero-order valence-electron chi connectivity index (χ0n) is 11.1. The van der Waals surface area contributed by atoms with E-state index in [4.69, 9.17) is 10.2 Å². The van der Waals surface area contributed by atoms with E-state index >= 15 is 0 Å². The molecule has 1 fully saturated rings. The number of aromatic nitrogens is 1. The van der Waals surface area contributed by atoms with Crippen molar-refractivity contribution in [3.8, 4) is 10.8 Å². The minimum absolute atomic E-state index is 0.298. The van der Waals surface area contributed by atoms with Gasteiger partial charge in [0, 0.05) is 31.1 Å². The Morgan fingerprint density at radius 1 is 1.53 bits per heavy atom. The molecule has 5 heteroatoms. The largest absolute Gasteiger partial charge is 0.462 e. The summed E-state index contributed by atoms with van der Waals surface area (Å²) in [5.41, 5.74) is 7.19. The lowest BCUT2D eigenvalue weighted by molar-refractivity contribution is 0.157. The van der Waals surface area contributed by atoms with Crippen molar-refractivity contribution in [2.45, 2.75) is 25.9 Å². The second kappa shape index (κ2) is 5.45. The van der Waals surface area contributed by atoms with Crippen LogP contribution in [-0.4, -0.2) is 29.0 Å².